The number of rotatable bonds is 3. The van der Waals surface area contributed by atoms with Crippen LogP contribution in [0.15, 0.2) is 0 Å². The highest BCUT2D eigenvalue weighted by molar-refractivity contribution is 5.83. The van der Waals surface area contributed by atoms with E-state index in [4.69, 9.17) is 0 Å². The van der Waals surface area contributed by atoms with Crippen LogP contribution in [-0.4, -0.2) is 36.5 Å². The number of likely N-dealkylation sites (tertiary alicyclic amines) is 1. The molecule has 1 saturated carbocycles. The molecule has 0 aromatic rings. The van der Waals surface area contributed by atoms with Crippen LogP contribution in [-0.2, 0) is 4.79 Å². The van der Waals surface area contributed by atoms with E-state index < -0.39 is 0 Å². The van der Waals surface area contributed by atoms with Gasteiger partial charge in [-0.1, -0.05) is 6.92 Å². The van der Waals surface area contributed by atoms with E-state index in [0.29, 0.717) is 17.8 Å². The lowest BCUT2D eigenvalue weighted by atomic mass is 10.0. The second-order valence-corrected chi connectivity index (χ2v) is 5.80. The molecule has 2 fully saturated rings. The molecule has 1 amide bonds. The molecular formula is C12H22N2O. The Morgan fingerprint density at radius 3 is 2.40 bits per heavy atom. The van der Waals surface area contributed by atoms with Gasteiger partial charge in [0.25, 0.3) is 0 Å². The predicted octanol–water partition coefficient (Wildman–Crippen LogP) is 1.10. The van der Waals surface area contributed by atoms with Gasteiger partial charge in [0.15, 0.2) is 0 Å². The van der Waals surface area contributed by atoms with Crippen molar-refractivity contribution in [2.45, 2.75) is 32.7 Å². The van der Waals surface area contributed by atoms with E-state index in [1.807, 2.05) is 0 Å². The summed E-state index contributed by atoms with van der Waals surface area (Å²) in [6, 6.07) is 0. The zero-order chi connectivity index (χ0) is 11.2. The molecule has 2 aliphatic rings. The Labute approximate surface area is 92.2 Å². The van der Waals surface area contributed by atoms with E-state index in [9.17, 15) is 4.79 Å². The maximum absolute atomic E-state index is 12.0. The molecule has 2 rings (SSSR count). The first kappa shape index (κ1) is 10.9. The Morgan fingerprint density at radius 1 is 1.40 bits per heavy atom. The minimum absolute atomic E-state index is 0.0418. The molecule has 1 N–H and O–H groups in total. The molecular weight excluding hydrogens is 188 g/mol. The van der Waals surface area contributed by atoms with Crippen LogP contribution in [0.3, 0.4) is 0 Å². The van der Waals surface area contributed by atoms with Crippen molar-refractivity contribution in [3.8, 4) is 0 Å². The number of nitrogens with one attached hydrogen (secondary N) is 1. The summed E-state index contributed by atoms with van der Waals surface area (Å²) in [5, 5.41) is 3.15. The molecule has 15 heavy (non-hydrogen) atoms. The summed E-state index contributed by atoms with van der Waals surface area (Å²) >= 11 is 0. The molecule has 3 nitrogen and oxygen atoms in total. The van der Waals surface area contributed by atoms with Crippen LogP contribution in [0.2, 0.25) is 0 Å². The quantitative estimate of drug-likeness (QED) is 0.756. The highest BCUT2D eigenvalue weighted by atomic mass is 16.2. The summed E-state index contributed by atoms with van der Waals surface area (Å²) in [5.74, 6) is 1.88. The van der Waals surface area contributed by atoms with Crippen molar-refractivity contribution in [3.63, 3.8) is 0 Å². The van der Waals surface area contributed by atoms with Crippen molar-refractivity contribution in [2.24, 2.45) is 17.8 Å². The molecule has 0 aromatic heterocycles. The van der Waals surface area contributed by atoms with Gasteiger partial charge in [-0.25, -0.2) is 0 Å². The first-order valence-corrected chi connectivity index (χ1v) is 5.95. The van der Waals surface area contributed by atoms with E-state index in [1.165, 1.54) is 0 Å². The fourth-order valence-electron chi connectivity index (χ4n) is 2.63. The minimum atomic E-state index is -0.0418. The molecule has 0 spiro atoms. The molecule has 2 atom stereocenters. The maximum Gasteiger partial charge on any atom is 0.224 e. The highest BCUT2D eigenvalue weighted by Gasteiger charge is 2.58. The smallest absolute Gasteiger partial charge is 0.224 e. The van der Waals surface area contributed by atoms with E-state index in [-0.39, 0.29) is 11.4 Å². The largest absolute Gasteiger partial charge is 0.351 e. The van der Waals surface area contributed by atoms with Crippen LogP contribution in [0.5, 0.6) is 0 Å². The van der Waals surface area contributed by atoms with Crippen LogP contribution in [0.1, 0.15) is 27.2 Å². The second kappa shape index (κ2) is 3.48. The van der Waals surface area contributed by atoms with Gasteiger partial charge in [0.1, 0.15) is 0 Å². The van der Waals surface area contributed by atoms with E-state index in [1.54, 1.807) is 0 Å². The van der Waals surface area contributed by atoms with Crippen molar-refractivity contribution in [2.75, 3.05) is 20.1 Å². The molecule has 1 aliphatic heterocycles. The maximum atomic E-state index is 12.0. The van der Waals surface area contributed by atoms with Crippen molar-refractivity contribution >= 4 is 5.91 Å². The number of amides is 1. The number of fused-ring (bicyclic) bond motifs is 1. The van der Waals surface area contributed by atoms with Crippen LogP contribution in [0, 0.1) is 17.8 Å². The van der Waals surface area contributed by atoms with Crippen molar-refractivity contribution < 1.29 is 4.79 Å². The second-order valence-electron chi connectivity index (χ2n) is 5.80. The van der Waals surface area contributed by atoms with Gasteiger partial charge in [-0.05, 0) is 39.2 Å². The van der Waals surface area contributed by atoms with Gasteiger partial charge in [-0.15, -0.1) is 0 Å². The standard InChI is InChI=1S/C12H22N2O/c1-5-12(2,3)13-11(15)10-8-6-14(4)7-9(8)10/h8-10H,5-7H2,1-4H3,(H,13,15). The third-order valence-corrected chi connectivity index (χ3v) is 4.02. The molecule has 3 heteroatoms. The monoisotopic (exact) mass is 210 g/mol. The topological polar surface area (TPSA) is 32.3 Å². The Bertz CT molecular complexity index is 263. The summed E-state index contributed by atoms with van der Waals surface area (Å²) < 4.78 is 0. The number of carbonyl (C=O) groups excluding carboxylic acids is 1. The van der Waals surface area contributed by atoms with Crippen LogP contribution < -0.4 is 5.32 Å². The molecule has 1 aliphatic carbocycles. The summed E-state index contributed by atoms with van der Waals surface area (Å²) in [5.41, 5.74) is -0.0418. The zero-order valence-corrected chi connectivity index (χ0v) is 10.2. The average Bonchev–Trinajstić information content (AvgIpc) is 2.65. The van der Waals surface area contributed by atoms with Crippen LogP contribution >= 0.6 is 0 Å². The molecule has 1 saturated heterocycles. The van der Waals surface area contributed by atoms with Crippen molar-refractivity contribution in [1.29, 1.82) is 0 Å². The van der Waals surface area contributed by atoms with Gasteiger partial charge in [0.2, 0.25) is 5.91 Å². The van der Waals surface area contributed by atoms with Crippen LogP contribution in [0.25, 0.3) is 0 Å². The van der Waals surface area contributed by atoms with E-state index >= 15 is 0 Å². The van der Waals surface area contributed by atoms with E-state index in [0.717, 1.165) is 19.5 Å². The number of carbonyl (C=O) groups is 1. The molecule has 1 heterocycles. The first-order valence-electron chi connectivity index (χ1n) is 5.95. The fraction of sp³-hybridized carbons (Fsp3) is 0.917. The molecule has 0 bridgehead atoms. The lowest BCUT2D eigenvalue weighted by molar-refractivity contribution is -0.124. The van der Waals surface area contributed by atoms with Gasteiger partial charge in [-0.2, -0.15) is 0 Å². The predicted molar refractivity (Wildman–Crippen MR) is 60.5 cm³/mol. The van der Waals surface area contributed by atoms with Gasteiger partial charge >= 0.3 is 0 Å². The third-order valence-electron chi connectivity index (χ3n) is 4.02. The van der Waals surface area contributed by atoms with Crippen molar-refractivity contribution in [3.05, 3.63) is 0 Å². The summed E-state index contributed by atoms with van der Waals surface area (Å²) in [7, 11) is 2.14. The van der Waals surface area contributed by atoms with Gasteiger partial charge in [0, 0.05) is 24.5 Å². The lowest BCUT2D eigenvalue weighted by Gasteiger charge is -2.25. The summed E-state index contributed by atoms with van der Waals surface area (Å²) in [4.78, 5) is 14.3. The molecule has 86 valence electrons. The van der Waals surface area contributed by atoms with Crippen molar-refractivity contribution in [1.82, 2.24) is 10.2 Å². The lowest BCUT2D eigenvalue weighted by Crippen LogP contribution is -2.44. The Kier molecular flexibility index (Phi) is 2.53. The van der Waals surface area contributed by atoms with Crippen LogP contribution in [0.4, 0.5) is 0 Å². The number of nitrogens with zero attached hydrogens (tertiary/aromatic N) is 1. The Morgan fingerprint density at radius 2 is 1.93 bits per heavy atom. The van der Waals surface area contributed by atoms with Gasteiger partial charge in [-0.3, -0.25) is 4.79 Å². The van der Waals surface area contributed by atoms with E-state index in [2.05, 4.69) is 38.0 Å². The third kappa shape index (κ3) is 2.03. The SMILES string of the molecule is CCC(C)(C)NC(=O)C1C2CN(C)CC21. The minimum Gasteiger partial charge on any atom is -0.351 e. The Hall–Kier alpha value is -0.570. The highest BCUT2D eigenvalue weighted by Crippen LogP contribution is 2.51. The molecule has 2 unspecified atom stereocenters. The fourth-order valence-corrected chi connectivity index (χ4v) is 2.63. The summed E-state index contributed by atoms with van der Waals surface area (Å²) in [6.45, 7) is 8.51. The Balaban J connectivity index is 1.85. The summed E-state index contributed by atoms with van der Waals surface area (Å²) in [6.07, 6.45) is 0.987. The van der Waals surface area contributed by atoms with Gasteiger partial charge in [0.05, 0.1) is 0 Å². The number of hydrogen-bond acceptors (Lipinski definition) is 2. The normalized spacial score (nSPS) is 35.1. The average molecular weight is 210 g/mol. The molecule has 0 radical (unpaired) electrons. The number of piperidine rings is 1. The first-order chi connectivity index (χ1) is 6.94. The zero-order valence-electron chi connectivity index (χ0n) is 10.2. The molecule has 0 aromatic carbocycles. The number of hydrogen-bond donors (Lipinski definition) is 1. The van der Waals surface area contributed by atoms with Gasteiger partial charge < -0.3 is 10.2 Å².